The highest BCUT2D eigenvalue weighted by molar-refractivity contribution is 5.94. The highest BCUT2D eigenvalue weighted by Crippen LogP contribution is 2.05. The Hall–Kier alpha value is -1.70. The number of nitrogen functional groups attached to an aromatic ring is 1. The highest BCUT2D eigenvalue weighted by atomic mass is 16.5. The minimum Gasteiger partial charge on any atom is -0.379 e. The smallest absolute Gasteiger partial charge is 0.265 e. The van der Waals surface area contributed by atoms with Gasteiger partial charge in [-0.1, -0.05) is 0 Å². The van der Waals surface area contributed by atoms with Crippen LogP contribution in [0.25, 0.3) is 0 Å². The van der Waals surface area contributed by atoms with Crippen LogP contribution in [-0.2, 0) is 4.74 Å². The van der Waals surface area contributed by atoms with Gasteiger partial charge in [0.25, 0.3) is 5.91 Å². The quantitative estimate of drug-likeness (QED) is 0.477. The van der Waals surface area contributed by atoms with E-state index in [-0.39, 0.29) is 5.91 Å². The van der Waals surface area contributed by atoms with Crippen LogP contribution in [0.4, 0.5) is 5.82 Å². The fourth-order valence-electron chi connectivity index (χ4n) is 1.53. The number of carbonyl (C=O) groups excluding carboxylic acids is 1. The van der Waals surface area contributed by atoms with E-state index >= 15 is 0 Å². The molecular weight excluding hydrogens is 222 g/mol. The molecule has 0 unspecified atom stereocenters. The molecule has 2 rings (SSSR count). The van der Waals surface area contributed by atoms with Gasteiger partial charge in [0.1, 0.15) is 5.82 Å². The molecule has 1 aliphatic rings. The third-order valence-corrected chi connectivity index (χ3v) is 2.44. The summed E-state index contributed by atoms with van der Waals surface area (Å²) in [5.74, 6) is 5.51. The first-order valence-corrected chi connectivity index (χ1v) is 5.36. The lowest BCUT2D eigenvalue weighted by Gasteiger charge is -2.26. The van der Waals surface area contributed by atoms with Crippen molar-refractivity contribution < 1.29 is 9.53 Å². The van der Waals surface area contributed by atoms with Crippen molar-refractivity contribution in [2.45, 2.75) is 0 Å². The van der Waals surface area contributed by atoms with Gasteiger partial charge in [0.05, 0.1) is 13.2 Å². The molecule has 2 heterocycles. The van der Waals surface area contributed by atoms with Crippen molar-refractivity contribution in [3.8, 4) is 0 Å². The number of hydrazine groups is 2. The number of rotatable bonds is 3. The number of amides is 1. The van der Waals surface area contributed by atoms with Gasteiger partial charge in [-0.05, 0) is 12.1 Å². The lowest BCUT2D eigenvalue weighted by molar-refractivity contribution is 0.0126. The molecule has 92 valence electrons. The Morgan fingerprint density at radius 3 is 2.94 bits per heavy atom. The average molecular weight is 237 g/mol. The number of carbonyl (C=O) groups is 1. The summed E-state index contributed by atoms with van der Waals surface area (Å²) in [5.41, 5.74) is 5.72. The Balaban J connectivity index is 1.98. The lowest BCUT2D eigenvalue weighted by Crippen LogP contribution is -2.48. The van der Waals surface area contributed by atoms with Gasteiger partial charge in [0, 0.05) is 24.8 Å². The summed E-state index contributed by atoms with van der Waals surface area (Å²) in [6, 6.07) is 3.23. The monoisotopic (exact) mass is 237 g/mol. The van der Waals surface area contributed by atoms with E-state index in [4.69, 9.17) is 10.6 Å². The number of nitrogens with one attached hydrogen (secondary N) is 2. The van der Waals surface area contributed by atoms with Crippen LogP contribution in [0.15, 0.2) is 18.3 Å². The summed E-state index contributed by atoms with van der Waals surface area (Å²) >= 11 is 0. The fourth-order valence-corrected chi connectivity index (χ4v) is 1.53. The van der Waals surface area contributed by atoms with Crippen LogP contribution in [0.5, 0.6) is 0 Å². The lowest BCUT2D eigenvalue weighted by atomic mass is 10.2. The number of ether oxygens (including phenoxy) is 1. The van der Waals surface area contributed by atoms with Crippen molar-refractivity contribution in [3.05, 3.63) is 23.9 Å². The van der Waals surface area contributed by atoms with Crippen LogP contribution in [0.2, 0.25) is 0 Å². The molecule has 1 saturated heterocycles. The number of hydrogen-bond donors (Lipinski definition) is 3. The van der Waals surface area contributed by atoms with E-state index in [1.54, 1.807) is 12.1 Å². The van der Waals surface area contributed by atoms with Gasteiger partial charge in [-0.3, -0.25) is 10.2 Å². The molecule has 0 spiro atoms. The Bertz CT molecular complexity index is 392. The fraction of sp³-hybridized carbons (Fsp3) is 0.400. The molecule has 17 heavy (non-hydrogen) atoms. The van der Waals surface area contributed by atoms with E-state index < -0.39 is 0 Å². The summed E-state index contributed by atoms with van der Waals surface area (Å²) in [6.45, 7) is 2.65. The van der Waals surface area contributed by atoms with Crippen molar-refractivity contribution in [1.29, 1.82) is 0 Å². The summed E-state index contributed by atoms with van der Waals surface area (Å²) in [4.78, 5) is 15.8. The highest BCUT2D eigenvalue weighted by Gasteiger charge is 2.14. The summed E-state index contributed by atoms with van der Waals surface area (Å²) in [5, 5.41) is 1.84. The minimum absolute atomic E-state index is 0.175. The minimum atomic E-state index is -0.175. The van der Waals surface area contributed by atoms with Gasteiger partial charge >= 0.3 is 0 Å². The topological polar surface area (TPSA) is 92.5 Å². The second-order valence-electron chi connectivity index (χ2n) is 3.61. The van der Waals surface area contributed by atoms with E-state index in [1.165, 1.54) is 6.20 Å². The molecule has 1 fully saturated rings. The standard InChI is InChI=1S/C10H15N5O2/c11-13-9-7-8(1-2-12-9)10(16)14-15-3-5-17-6-4-15/h1-2,7H,3-6,11H2,(H,12,13)(H,14,16). The summed E-state index contributed by atoms with van der Waals surface area (Å²) < 4.78 is 5.19. The molecule has 4 N–H and O–H groups in total. The molecule has 1 aliphatic heterocycles. The van der Waals surface area contributed by atoms with Crippen molar-refractivity contribution in [3.63, 3.8) is 0 Å². The van der Waals surface area contributed by atoms with Gasteiger partial charge in [0.2, 0.25) is 0 Å². The van der Waals surface area contributed by atoms with Crippen molar-refractivity contribution >= 4 is 11.7 Å². The summed E-state index contributed by atoms with van der Waals surface area (Å²) in [6.07, 6.45) is 1.53. The van der Waals surface area contributed by atoms with Crippen LogP contribution < -0.4 is 16.7 Å². The Labute approximate surface area is 98.9 Å². The second kappa shape index (κ2) is 5.58. The molecule has 0 saturated carbocycles. The number of pyridine rings is 1. The zero-order valence-corrected chi connectivity index (χ0v) is 9.35. The molecule has 1 aromatic heterocycles. The molecule has 0 radical (unpaired) electrons. The first-order valence-electron chi connectivity index (χ1n) is 5.36. The molecule has 0 bridgehead atoms. The molecule has 0 aromatic carbocycles. The maximum atomic E-state index is 11.9. The Morgan fingerprint density at radius 2 is 2.24 bits per heavy atom. The van der Waals surface area contributed by atoms with E-state index in [2.05, 4.69) is 15.8 Å². The maximum Gasteiger partial charge on any atom is 0.265 e. The van der Waals surface area contributed by atoms with E-state index in [9.17, 15) is 4.79 Å². The predicted octanol–water partition coefficient (Wildman–Crippen LogP) is -0.656. The molecule has 1 aromatic rings. The van der Waals surface area contributed by atoms with Gasteiger partial charge in [-0.15, -0.1) is 0 Å². The third-order valence-electron chi connectivity index (χ3n) is 2.44. The van der Waals surface area contributed by atoms with Crippen LogP contribution in [0.1, 0.15) is 10.4 Å². The van der Waals surface area contributed by atoms with E-state index in [0.717, 1.165) is 0 Å². The number of aromatic nitrogens is 1. The number of nitrogens with zero attached hydrogens (tertiary/aromatic N) is 2. The molecule has 0 atom stereocenters. The van der Waals surface area contributed by atoms with Gasteiger partial charge < -0.3 is 10.2 Å². The largest absolute Gasteiger partial charge is 0.379 e. The maximum absolute atomic E-state index is 11.9. The normalized spacial score (nSPS) is 16.5. The van der Waals surface area contributed by atoms with Crippen LogP contribution >= 0.6 is 0 Å². The zero-order valence-electron chi connectivity index (χ0n) is 9.35. The Morgan fingerprint density at radius 1 is 1.47 bits per heavy atom. The first-order chi connectivity index (χ1) is 8.29. The van der Waals surface area contributed by atoms with Gasteiger partial charge in [-0.25, -0.2) is 15.8 Å². The molecule has 1 amide bonds. The molecular formula is C10H15N5O2. The number of anilines is 1. The predicted molar refractivity (Wildman–Crippen MR) is 61.9 cm³/mol. The van der Waals surface area contributed by atoms with Gasteiger partial charge in [-0.2, -0.15) is 0 Å². The van der Waals surface area contributed by atoms with Crippen LogP contribution in [0.3, 0.4) is 0 Å². The van der Waals surface area contributed by atoms with Gasteiger partial charge in [0.15, 0.2) is 0 Å². The molecule has 7 nitrogen and oxygen atoms in total. The third kappa shape index (κ3) is 3.13. The van der Waals surface area contributed by atoms with E-state index in [1.807, 2.05) is 5.01 Å². The number of hydrogen-bond acceptors (Lipinski definition) is 6. The zero-order chi connectivity index (χ0) is 12.1. The molecule has 7 heteroatoms. The van der Waals surface area contributed by atoms with Crippen molar-refractivity contribution in [2.24, 2.45) is 5.84 Å². The van der Waals surface area contributed by atoms with Crippen molar-refractivity contribution in [1.82, 2.24) is 15.4 Å². The van der Waals surface area contributed by atoms with Crippen molar-refractivity contribution in [2.75, 3.05) is 31.7 Å². The van der Waals surface area contributed by atoms with Crippen LogP contribution in [0, 0.1) is 0 Å². The first kappa shape index (κ1) is 11.8. The number of nitrogens with two attached hydrogens (primary N) is 1. The SMILES string of the molecule is NNc1cc(C(=O)NN2CCOCC2)ccn1. The second-order valence-corrected chi connectivity index (χ2v) is 3.61. The number of morpholine rings is 1. The average Bonchev–Trinajstić information content (AvgIpc) is 2.40. The summed E-state index contributed by atoms with van der Waals surface area (Å²) in [7, 11) is 0. The Kier molecular flexibility index (Phi) is 3.86. The van der Waals surface area contributed by atoms with Crippen LogP contribution in [-0.4, -0.2) is 42.2 Å². The van der Waals surface area contributed by atoms with E-state index in [0.29, 0.717) is 37.7 Å². The molecule has 0 aliphatic carbocycles.